The summed E-state index contributed by atoms with van der Waals surface area (Å²) in [6.45, 7) is 4.27. The smallest absolute Gasteiger partial charge is 0.212 e. The molecule has 0 N–H and O–H groups in total. The number of benzene rings is 2. The van der Waals surface area contributed by atoms with Gasteiger partial charge in [-0.3, -0.25) is 4.79 Å². The third-order valence-corrected chi connectivity index (χ3v) is 5.96. The molecule has 0 atom stereocenters. The number of aromatic nitrogens is 3. The topological polar surface area (TPSA) is 47.8 Å². The van der Waals surface area contributed by atoms with Crippen LogP contribution in [-0.2, 0) is 6.42 Å². The van der Waals surface area contributed by atoms with E-state index in [0.29, 0.717) is 10.9 Å². The van der Waals surface area contributed by atoms with Gasteiger partial charge < -0.3 is 0 Å². The summed E-state index contributed by atoms with van der Waals surface area (Å²) in [6.07, 6.45) is 0.756. The van der Waals surface area contributed by atoms with Gasteiger partial charge in [-0.2, -0.15) is 5.10 Å². The lowest BCUT2D eigenvalue weighted by molar-refractivity contribution is 0.104. The third kappa shape index (κ3) is 2.53. The van der Waals surface area contributed by atoms with Gasteiger partial charge in [-0.25, -0.2) is 9.67 Å². The van der Waals surface area contributed by atoms with Crippen molar-refractivity contribution in [2.45, 2.75) is 20.3 Å². The van der Waals surface area contributed by atoms with Crippen LogP contribution in [0, 0.1) is 5.92 Å². The van der Waals surface area contributed by atoms with Crippen LogP contribution in [-0.4, -0.2) is 20.5 Å². The fourth-order valence-electron chi connectivity index (χ4n) is 3.62. The predicted octanol–water partition coefficient (Wildman–Crippen LogP) is 5.55. The second kappa shape index (κ2) is 6.01. The quantitative estimate of drug-likeness (QED) is 0.404. The molecule has 1 aliphatic carbocycles. The van der Waals surface area contributed by atoms with Crippen LogP contribution in [0.4, 0.5) is 0 Å². The lowest BCUT2D eigenvalue weighted by Crippen LogP contribution is -2.04. The van der Waals surface area contributed by atoms with E-state index in [0.717, 1.165) is 49.8 Å². The molecule has 134 valence electrons. The average molecular weight is 394 g/mol. The van der Waals surface area contributed by atoms with Crippen LogP contribution < -0.4 is 0 Å². The van der Waals surface area contributed by atoms with Crippen LogP contribution in [0.25, 0.3) is 26.6 Å². The summed E-state index contributed by atoms with van der Waals surface area (Å²) < 4.78 is 2.85. The van der Waals surface area contributed by atoms with Gasteiger partial charge in [-0.15, -0.1) is 0 Å². The Bertz CT molecular complexity index is 1220. The Kier molecular flexibility index (Phi) is 3.71. The van der Waals surface area contributed by atoms with Crippen molar-refractivity contribution in [1.29, 1.82) is 0 Å². The minimum absolute atomic E-state index is 0.0617. The molecule has 2 heterocycles. The van der Waals surface area contributed by atoms with Crippen LogP contribution >= 0.6 is 22.9 Å². The van der Waals surface area contributed by atoms with E-state index in [1.807, 2.05) is 47.1 Å². The molecule has 5 rings (SSSR count). The Labute approximate surface area is 165 Å². The molecule has 0 unspecified atom stereocenters. The fraction of sp³-hybridized carbons (Fsp3) is 0.190. The predicted molar refractivity (Wildman–Crippen MR) is 109 cm³/mol. The van der Waals surface area contributed by atoms with E-state index in [2.05, 4.69) is 13.8 Å². The Balaban J connectivity index is 1.78. The number of ketones is 1. The summed E-state index contributed by atoms with van der Waals surface area (Å²) in [5, 5.41) is 6.26. The summed E-state index contributed by atoms with van der Waals surface area (Å²) in [5.74, 6) is 0.467. The Morgan fingerprint density at radius 2 is 1.93 bits per heavy atom. The summed E-state index contributed by atoms with van der Waals surface area (Å²) in [4.78, 5) is 17.8. The van der Waals surface area contributed by atoms with Crippen LogP contribution in [0.2, 0.25) is 5.02 Å². The van der Waals surface area contributed by atoms with Crippen LogP contribution in [0.15, 0.2) is 42.5 Å². The lowest BCUT2D eigenvalue weighted by Gasteiger charge is -2.04. The Hall–Kier alpha value is -2.50. The summed E-state index contributed by atoms with van der Waals surface area (Å²) in [5.41, 5.74) is 4.98. The zero-order chi connectivity index (χ0) is 18.7. The van der Waals surface area contributed by atoms with E-state index in [1.54, 1.807) is 0 Å². The SMILES string of the molecule is CC(C)Cc1nn(-c2nc3ccc(Cl)cc3s2)c2c1C(=O)c1ccccc1-2. The standard InChI is InChI=1S/C21H16ClN3OS/c1-11(2)9-16-18-19(13-5-3-4-6-14(13)20(18)26)25(24-16)21-23-15-8-7-12(22)10-17(15)27-21/h3-8,10-11H,9H2,1-2H3. The molecule has 0 radical (unpaired) electrons. The molecular weight excluding hydrogens is 378 g/mol. The normalized spacial score (nSPS) is 12.8. The van der Waals surface area contributed by atoms with Crippen molar-refractivity contribution in [3.63, 3.8) is 0 Å². The summed E-state index contributed by atoms with van der Waals surface area (Å²) in [7, 11) is 0. The van der Waals surface area contributed by atoms with Gasteiger partial charge in [-0.05, 0) is 30.5 Å². The molecule has 0 bridgehead atoms. The molecule has 0 amide bonds. The molecule has 0 fully saturated rings. The van der Waals surface area contributed by atoms with Crippen molar-refractivity contribution in [3.8, 4) is 16.4 Å². The van der Waals surface area contributed by atoms with E-state index in [4.69, 9.17) is 21.7 Å². The minimum Gasteiger partial charge on any atom is -0.288 e. The second-order valence-corrected chi connectivity index (χ2v) is 8.61. The van der Waals surface area contributed by atoms with Gasteiger partial charge in [0.1, 0.15) is 0 Å². The Morgan fingerprint density at radius 3 is 2.70 bits per heavy atom. The highest BCUT2D eigenvalue weighted by molar-refractivity contribution is 7.20. The monoisotopic (exact) mass is 393 g/mol. The zero-order valence-electron chi connectivity index (χ0n) is 14.9. The van der Waals surface area contributed by atoms with Crippen molar-refractivity contribution < 1.29 is 4.79 Å². The van der Waals surface area contributed by atoms with Gasteiger partial charge in [-0.1, -0.05) is 61.1 Å². The fourth-order valence-corrected chi connectivity index (χ4v) is 4.82. The van der Waals surface area contributed by atoms with Gasteiger partial charge in [0, 0.05) is 16.1 Å². The van der Waals surface area contributed by atoms with Crippen molar-refractivity contribution in [2.75, 3.05) is 0 Å². The van der Waals surface area contributed by atoms with Crippen molar-refractivity contribution in [1.82, 2.24) is 14.8 Å². The van der Waals surface area contributed by atoms with Crippen molar-refractivity contribution in [3.05, 3.63) is 64.3 Å². The molecule has 27 heavy (non-hydrogen) atoms. The number of thiazole rings is 1. The number of nitrogens with zero attached hydrogens (tertiary/aromatic N) is 3. The molecule has 4 aromatic rings. The molecule has 2 aromatic carbocycles. The maximum absolute atomic E-state index is 13.1. The molecule has 0 saturated heterocycles. The van der Waals surface area contributed by atoms with Crippen molar-refractivity contribution in [2.24, 2.45) is 5.92 Å². The number of halogens is 1. The first-order valence-corrected chi connectivity index (χ1v) is 10.0. The van der Waals surface area contributed by atoms with Crippen molar-refractivity contribution >= 4 is 38.9 Å². The first kappa shape index (κ1) is 16.7. The number of fused-ring (bicyclic) bond motifs is 4. The molecule has 4 nitrogen and oxygen atoms in total. The van der Waals surface area contributed by atoms with E-state index in [-0.39, 0.29) is 5.78 Å². The van der Waals surface area contributed by atoms with Gasteiger partial charge in [0.15, 0.2) is 5.78 Å². The van der Waals surface area contributed by atoms with Crippen LogP contribution in [0.3, 0.4) is 0 Å². The molecular formula is C21H16ClN3OS. The van der Waals surface area contributed by atoms with Crippen LogP contribution in [0.5, 0.6) is 0 Å². The lowest BCUT2D eigenvalue weighted by atomic mass is 10.0. The molecule has 6 heteroatoms. The first-order valence-electron chi connectivity index (χ1n) is 8.85. The number of rotatable bonds is 3. The van der Waals surface area contributed by atoms with E-state index < -0.39 is 0 Å². The van der Waals surface area contributed by atoms with Gasteiger partial charge >= 0.3 is 0 Å². The second-order valence-electron chi connectivity index (χ2n) is 7.16. The molecule has 0 spiro atoms. The van der Waals surface area contributed by atoms with Crippen LogP contribution in [0.1, 0.15) is 35.5 Å². The van der Waals surface area contributed by atoms with Gasteiger partial charge in [0.25, 0.3) is 0 Å². The number of hydrogen-bond donors (Lipinski definition) is 0. The highest BCUT2D eigenvalue weighted by Gasteiger charge is 2.35. The van der Waals surface area contributed by atoms with Gasteiger partial charge in [0.05, 0.1) is 27.2 Å². The molecule has 0 saturated carbocycles. The Morgan fingerprint density at radius 1 is 1.15 bits per heavy atom. The maximum atomic E-state index is 13.1. The third-order valence-electron chi connectivity index (χ3n) is 4.73. The minimum atomic E-state index is 0.0617. The van der Waals surface area contributed by atoms with E-state index in [1.165, 1.54) is 11.3 Å². The largest absolute Gasteiger partial charge is 0.288 e. The molecule has 2 aromatic heterocycles. The number of hydrogen-bond acceptors (Lipinski definition) is 4. The number of carbonyl (C=O) groups is 1. The zero-order valence-corrected chi connectivity index (χ0v) is 16.4. The summed E-state index contributed by atoms with van der Waals surface area (Å²) >= 11 is 7.66. The molecule has 0 aliphatic heterocycles. The molecule has 1 aliphatic rings. The highest BCUT2D eigenvalue weighted by Crippen LogP contribution is 2.41. The van der Waals surface area contributed by atoms with E-state index in [9.17, 15) is 4.79 Å². The highest BCUT2D eigenvalue weighted by atomic mass is 35.5. The maximum Gasteiger partial charge on any atom is 0.212 e. The van der Waals surface area contributed by atoms with E-state index >= 15 is 0 Å². The number of carbonyl (C=O) groups excluding carboxylic acids is 1. The first-order chi connectivity index (χ1) is 13.0. The average Bonchev–Trinajstić information content (AvgIpc) is 3.28. The van der Waals surface area contributed by atoms with Gasteiger partial charge in [0.2, 0.25) is 5.13 Å². The summed E-state index contributed by atoms with van der Waals surface area (Å²) in [6, 6.07) is 13.4.